The maximum atomic E-state index is 13.5. The summed E-state index contributed by atoms with van der Waals surface area (Å²) in [4.78, 5) is 28.5. The molecule has 0 saturated carbocycles. The molecule has 1 amide bonds. The van der Waals surface area contributed by atoms with E-state index in [4.69, 9.17) is 25.2 Å². The molecule has 1 atom stereocenters. The van der Waals surface area contributed by atoms with E-state index in [0.29, 0.717) is 34.1 Å². The van der Waals surface area contributed by atoms with Crippen molar-refractivity contribution >= 4 is 28.5 Å². The van der Waals surface area contributed by atoms with Gasteiger partial charge in [0.2, 0.25) is 5.76 Å². The first-order valence-electron chi connectivity index (χ1n) is 10.00. The lowest BCUT2D eigenvalue weighted by atomic mass is 9.98. The second-order valence-electron chi connectivity index (χ2n) is 7.40. The first-order chi connectivity index (χ1) is 15.6. The molecule has 4 aromatic rings. The van der Waals surface area contributed by atoms with E-state index >= 15 is 0 Å². The Hall–Kier alpha value is -3.77. The molecule has 0 N–H and O–H groups in total. The van der Waals surface area contributed by atoms with Gasteiger partial charge in [0.05, 0.1) is 29.8 Å². The van der Waals surface area contributed by atoms with Crippen LogP contribution in [0.4, 0.5) is 0 Å². The molecule has 3 heterocycles. The van der Waals surface area contributed by atoms with Crippen LogP contribution in [0.25, 0.3) is 11.0 Å². The van der Waals surface area contributed by atoms with Gasteiger partial charge in [-0.2, -0.15) is 0 Å². The van der Waals surface area contributed by atoms with Gasteiger partial charge >= 0.3 is 0 Å². The van der Waals surface area contributed by atoms with Gasteiger partial charge in [0.25, 0.3) is 5.91 Å². The number of hydrogen-bond donors (Lipinski definition) is 0. The fraction of sp³-hybridized carbons (Fsp3) is 0.120. The quantitative estimate of drug-likeness (QED) is 0.372. The third kappa shape index (κ3) is 3.39. The molecule has 2 aromatic heterocycles. The summed E-state index contributed by atoms with van der Waals surface area (Å²) in [6.45, 7) is 4.18. The minimum Gasteiger partial charge on any atom is -0.490 e. The Bertz CT molecular complexity index is 1390. The minimum atomic E-state index is -0.672. The van der Waals surface area contributed by atoms with E-state index in [2.05, 4.69) is 6.58 Å². The molecule has 0 aliphatic carbocycles. The molecule has 0 saturated heterocycles. The predicted molar refractivity (Wildman–Crippen MR) is 120 cm³/mol. The van der Waals surface area contributed by atoms with Crippen molar-refractivity contribution in [1.29, 1.82) is 0 Å². The first kappa shape index (κ1) is 20.2. The number of fused-ring (bicyclic) bond motifs is 2. The van der Waals surface area contributed by atoms with Crippen molar-refractivity contribution in [3.05, 3.63) is 111 Å². The van der Waals surface area contributed by atoms with Crippen molar-refractivity contribution in [3.8, 4) is 5.75 Å². The van der Waals surface area contributed by atoms with Crippen molar-refractivity contribution in [2.24, 2.45) is 0 Å². The number of nitrogens with zero attached hydrogens (tertiary/aromatic N) is 1. The average molecular weight is 448 g/mol. The van der Waals surface area contributed by atoms with Gasteiger partial charge in [-0.05, 0) is 48.0 Å². The Labute approximate surface area is 188 Å². The third-order valence-corrected chi connectivity index (χ3v) is 5.61. The summed E-state index contributed by atoms with van der Waals surface area (Å²) in [7, 11) is 0. The van der Waals surface area contributed by atoms with Crippen LogP contribution in [-0.2, 0) is 6.54 Å². The van der Waals surface area contributed by atoms with Crippen LogP contribution in [0.5, 0.6) is 5.75 Å². The van der Waals surface area contributed by atoms with E-state index in [-0.39, 0.29) is 29.2 Å². The molecule has 2 aromatic carbocycles. The molecule has 1 unspecified atom stereocenters. The monoisotopic (exact) mass is 447 g/mol. The zero-order valence-electron chi connectivity index (χ0n) is 16.9. The van der Waals surface area contributed by atoms with Gasteiger partial charge in [0, 0.05) is 5.02 Å². The lowest BCUT2D eigenvalue weighted by molar-refractivity contribution is 0.0701. The SMILES string of the molecule is C=CCOc1cccc(C2c3c(oc4ccc(Cl)cc4c3=O)C(=O)N2Cc2ccco2)c1. The number of ether oxygens (including phenoxy) is 1. The van der Waals surface area contributed by atoms with Crippen molar-refractivity contribution in [2.75, 3.05) is 6.61 Å². The zero-order valence-corrected chi connectivity index (χ0v) is 17.7. The summed E-state index contributed by atoms with van der Waals surface area (Å²) < 4.78 is 17.1. The largest absolute Gasteiger partial charge is 0.490 e. The second kappa shape index (κ2) is 8.05. The third-order valence-electron chi connectivity index (χ3n) is 5.38. The van der Waals surface area contributed by atoms with Crippen LogP contribution in [-0.4, -0.2) is 17.4 Å². The minimum absolute atomic E-state index is 0.0267. The number of carbonyl (C=O) groups excluding carboxylic acids is 1. The summed E-state index contributed by atoms with van der Waals surface area (Å²) in [5, 5.41) is 0.742. The Morgan fingerprint density at radius 3 is 2.78 bits per heavy atom. The van der Waals surface area contributed by atoms with Crippen LogP contribution >= 0.6 is 11.6 Å². The van der Waals surface area contributed by atoms with Gasteiger partial charge in [0.1, 0.15) is 23.7 Å². The van der Waals surface area contributed by atoms with Crippen molar-refractivity contribution in [3.63, 3.8) is 0 Å². The number of halogens is 1. The van der Waals surface area contributed by atoms with Crippen molar-refractivity contribution in [1.82, 2.24) is 4.90 Å². The zero-order chi connectivity index (χ0) is 22.2. The van der Waals surface area contributed by atoms with Crippen LogP contribution in [0, 0.1) is 0 Å². The molecule has 0 radical (unpaired) electrons. The van der Waals surface area contributed by atoms with Gasteiger partial charge in [-0.1, -0.05) is 36.4 Å². The topological polar surface area (TPSA) is 72.9 Å². The van der Waals surface area contributed by atoms with Crippen LogP contribution in [0.15, 0.2) is 87.1 Å². The predicted octanol–water partition coefficient (Wildman–Crippen LogP) is 5.35. The molecule has 7 heteroatoms. The normalized spacial score (nSPS) is 15.2. The average Bonchev–Trinajstić information content (AvgIpc) is 3.41. The highest BCUT2D eigenvalue weighted by molar-refractivity contribution is 6.31. The molecule has 1 aliphatic heterocycles. The molecule has 1 aliphatic rings. The maximum Gasteiger partial charge on any atom is 0.291 e. The molecule has 0 bridgehead atoms. The fourth-order valence-corrected chi connectivity index (χ4v) is 4.17. The van der Waals surface area contributed by atoms with Crippen molar-refractivity contribution in [2.45, 2.75) is 12.6 Å². The van der Waals surface area contributed by atoms with Gasteiger partial charge in [-0.25, -0.2) is 0 Å². The highest BCUT2D eigenvalue weighted by Crippen LogP contribution is 2.40. The highest BCUT2D eigenvalue weighted by Gasteiger charge is 2.43. The van der Waals surface area contributed by atoms with E-state index in [0.717, 1.165) is 5.56 Å². The lowest BCUT2D eigenvalue weighted by Crippen LogP contribution is -2.29. The molecule has 6 nitrogen and oxygen atoms in total. The van der Waals surface area contributed by atoms with Crippen LogP contribution in [0.1, 0.15) is 33.5 Å². The van der Waals surface area contributed by atoms with Crippen LogP contribution in [0.2, 0.25) is 5.02 Å². The van der Waals surface area contributed by atoms with E-state index in [1.807, 2.05) is 24.3 Å². The van der Waals surface area contributed by atoms with E-state index in [9.17, 15) is 9.59 Å². The number of rotatable bonds is 6. The molecular formula is C25H18ClNO5. The Kier molecular flexibility index (Phi) is 5.07. The van der Waals surface area contributed by atoms with E-state index < -0.39 is 6.04 Å². The van der Waals surface area contributed by atoms with E-state index in [1.165, 1.54) is 0 Å². The maximum absolute atomic E-state index is 13.5. The number of carbonyl (C=O) groups is 1. The molecule has 160 valence electrons. The van der Waals surface area contributed by atoms with Crippen LogP contribution < -0.4 is 10.2 Å². The summed E-state index contributed by atoms with van der Waals surface area (Å²) >= 11 is 6.12. The Morgan fingerprint density at radius 2 is 2.00 bits per heavy atom. The first-order valence-corrected chi connectivity index (χ1v) is 10.4. The van der Waals surface area contributed by atoms with Gasteiger partial charge in [0.15, 0.2) is 5.43 Å². The number of amides is 1. The Morgan fingerprint density at radius 1 is 1.12 bits per heavy atom. The standard InChI is InChI=1S/C25H18ClNO5/c1-2-10-30-17-6-3-5-15(12-17)22-21-23(28)19-13-16(26)8-9-20(19)32-24(21)25(29)27(22)14-18-7-4-11-31-18/h2-9,11-13,22H,1,10,14H2. The molecule has 0 fully saturated rings. The Balaban J connectivity index is 1.71. The number of benzene rings is 2. The number of hydrogen-bond acceptors (Lipinski definition) is 5. The van der Waals surface area contributed by atoms with Gasteiger partial charge < -0.3 is 18.5 Å². The molecule has 0 spiro atoms. The van der Waals surface area contributed by atoms with Crippen LogP contribution in [0.3, 0.4) is 0 Å². The van der Waals surface area contributed by atoms with Crippen molar-refractivity contribution < 1.29 is 18.4 Å². The molecule has 32 heavy (non-hydrogen) atoms. The highest BCUT2D eigenvalue weighted by atomic mass is 35.5. The summed E-state index contributed by atoms with van der Waals surface area (Å²) in [6, 6.07) is 14.9. The van der Waals surface area contributed by atoms with Gasteiger partial charge in [-0.3, -0.25) is 9.59 Å². The molecular weight excluding hydrogens is 430 g/mol. The smallest absolute Gasteiger partial charge is 0.291 e. The summed E-state index contributed by atoms with van der Waals surface area (Å²) in [5.74, 6) is 0.844. The second-order valence-corrected chi connectivity index (χ2v) is 7.84. The lowest BCUT2D eigenvalue weighted by Gasteiger charge is -2.24. The number of furan rings is 1. The summed E-state index contributed by atoms with van der Waals surface area (Å²) in [5.41, 5.74) is 1.02. The van der Waals surface area contributed by atoms with Gasteiger partial charge in [-0.15, -0.1) is 0 Å². The summed E-state index contributed by atoms with van der Waals surface area (Å²) in [6.07, 6.45) is 3.19. The van der Waals surface area contributed by atoms with E-state index in [1.54, 1.807) is 47.6 Å². The fourth-order valence-electron chi connectivity index (χ4n) is 4.00. The molecule has 5 rings (SSSR count).